The monoisotopic (exact) mass is 341 g/mol. The van der Waals surface area contributed by atoms with Gasteiger partial charge in [0, 0.05) is 31.0 Å². The summed E-state index contributed by atoms with van der Waals surface area (Å²) in [7, 11) is 5.14. The standard InChI is InChI=1S/C19H23N3O3/c1-21(13-15-18(25-3)17(24-2)9-11-20-15)16-10-12-22(19(16)23)14-7-5-4-6-8-14/h4-9,11,16H,10,12-13H2,1-3H3/t16-/m0/s1. The summed E-state index contributed by atoms with van der Waals surface area (Å²) in [6.07, 6.45) is 2.48. The average Bonchev–Trinajstić information content (AvgIpc) is 3.03. The molecular weight excluding hydrogens is 318 g/mol. The van der Waals surface area contributed by atoms with E-state index < -0.39 is 0 Å². The predicted molar refractivity (Wildman–Crippen MR) is 96.0 cm³/mol. The van der Waals surface area contributed by atoms with E-state index in [0.717, 1.165) is 24.3 Å². The lowest BCUT2D eigenvalue weighted by Crippen LogP contribution is -2.39. The normalized spacial score (nSPS) is 17.2. The topological polar surface area (TPSA) is 54.9 Å². The Labute approximate surface area is 148 Å². The maximum Gasteiger partial charge on any atom is 0.244 e. The number of rotatable bonds is 6. The Morgan fingerprint density at radius 2 is 1.96 bits per heavy atom. The lowest BCUT2D eigenvalue weighted by Gasteiger charge is -2.24. The van der Waals surface area contributed by atoms with E-state index in [1.54, 1.807) is 26.5 Å². The summed E-state index contributed by atoms with van der Waals surface area (Å²) in [4.78, 5) is 21.1. The van der Waals surface area contributed by atoms with Crippen LogP contribution in [-0.4, -0.2) is 49.6 Å². The molecule has 0 saturated carbocycles. The van der Waals surface area contributed by atoms with E-state index in [9.17, 15) is 4.79 Å². The van der Waals surface area contributed by atoms with Crippen LogP contribution in [0.5, 0.6) is 11.5 Å². The maximum atomic E-state index is 12.8. The molecule has 1 atom stereocenters. The van der Waals surface area contributed by atoms with Crippen molar-refractivity contribution in [3.63, 3.8) is 0 Å². The number of nitrogens with zero attached hydrogens (tertiary/aromatic N) is 3. The number of ether oxygens (including phenoxy) is 2. The van der Waals surface area contributed by atoms with Gasteiger partial charge in [0.2, 0.25) is 5.91 Å². The Hall–Kier alpha value is -2.60. The van der Waals surface area contributed by atoms with Gasteiger partial charge >= 0.3 is 0 Å². The summed E-state index contributed by atoms with van der Waals surface area (Å²) in [6, 6.07) is 11.4. The predicted octanol–water partition coefficient (Wildman–Crippen LogP) is 2.34. The first kappa shape index (κ1) is 17.2. The Morgan fingerprint density at radius 3 is 2.64 bits per heavy atom. The zero-order valence-corrected chi connectivity index (χ0v) is 14.8. The number of pyridine rings is 1. The van der Waals surface area contributed by atoms with Crippen molar-refractivity contribution in [2.24, 2.45) is 0 Å². The van der Waals surface area contributed by atoms with Gasteiger partial charge in [-0.15, -0.1) is 0 Å². The summed E-state index contributed by atoms with van der Waals surface area (Å²) in [5.41, 5.74) is 1.70. The minimum absolute atomic E-state index is 0.121. The second kappa shape index (κ2) is 7.53. The van der Waals surface area contributed by atoms with Crippen molar-refractivity contribution in [3.8, 4) is 11.5 Å². The molecule has 132 valence electrons. The van der Waals surface area contributed by atoms with Crippen molar-refractivity contribution >= 4 is 11.6 Å². The van der Waals surface area contributed by atoms with Gasteiger partial charge in [0.25, 0.3) is 0 Å². The van der Waals surface area contributed by atoms with Crippen LogP contribution in [0, 0.1) is 0 Å². The highest BCUT2D eigenvalue weighted by Gasteiger charge is 2.35. The van der Waals surface area contributed by atoms with Gasteiger partial charge in [0.1, 0.15) is 5.69 Å². The molecule has 1 aliphatic rings. The van der Waals surface area contributed by atoms with Crippen LogP contribution < -0.4 is 14.4 Å². The third-order valence-electron chi connectivity index (χ3n) is 4.54. The van der Waals surface area contributed by atoms with Gasteiger partial charge in [-0.25, -0.2) is 0 Å². The highest BCUT2D eigenvalue weighted by Crippen LogP contribution is 2.31. The van der Waals surface area contributed by atoms with Crippen molar-refractivity contribution in [2.75, 3.05) is 32.7 Å². The van der Waals surface area contributed by atoms with Gasteiger partial charge in [0.05, 0.1) is 20.3 Å². The van der Waals surface area contributed by atoms with Crippen molar-refractivity contribution in [2.45, 2.75) is 19.0 Å². The minimum Gasteiger partial charge on any atom is -0.493 e. The van der Waals surface area contributed by atoms with Crippen LogP contribution in [0.25, 0.3) is 0 Å². The molecule has 1 aliphatic heterocycles. The lowest BCUT2D eigenvalue weighted by molar-refractivity contribution is -0.121. The van der Waals surface area contributed by atoms with E-state index in [2.05, 4.69) is 4.98 Å². The number of hydrogen-bond donors (Lipinski definition) is 0. The highest BCUT2D eigenvalue weighted by atomic mass is 16.5. The summed E-state index contributed by atoms with van der Waals surface area (Å²) < 4.78 is 10.8. The first-order valence-corrected chi connectivity index (χ1v) is 8.28. The molecule has 3 rings (SSSR count). The molecule has 2 heterocycles. The number of hydrogen-bond acceptors (Lipinski definition) is 5. The van der Waals surface area contributed by atoms with Crippen LogP contribution in [0.3, 0.4) is 0 Å². The summed E-state index contributed by atoms with van der Waals surface area (Å²) in [5, 5.41) is 0. The van der Waals surface area contributed by atoms with Crippen LogP contribution in [0.15, 0.2) is 42.6 Å². The quantitative estimate of drug-likeness (QED) is 0.807. The Bertz CT molecular complexity index is 736. The Balaban J connectivity index is 1.74. The number of carbonyl (C=O) groups excluding carboxylic acids is 1. The van der Waals surface area contributed by atoms with Crippen molar-refractivity contribution < 1.29 is 14.3 Å². The van der Waals surface area contributed by atoms with Crippen LogP contribution >= 0.6 is 0 Å². The molecule has 1 saturated heterocycles. The molecule has 2 aromatic rings. The van der Waals surface area contributed by atoms with Gasteiger partial charge in [-0.3, -0.25) is 14.7 Å². The zero-order valence-electron chi connectivity index (χ0n) is 14.8. The fraction of sp³-hybridized carbons (Fsp3) is 0.368. The van der Waals surface area contributed by atoms with Crippen LogP contribution in [-0.2, 0) is 11.3 Å². The second-order valence-electron chi connectivity index (χ2n) is 6.04. The number of methoxy groups -OCH3 is 2. The molecule has 25 heavy (non-hydrogen) atoms. The molecule has 6 nitrogen and oxygen atoms in total. The van der Waals surface area contributed by atoms with Crippen LogP contribution in [0.4, 0.5) is 5.69 Å². The van der Waals surface area contributed by atoms with E-state index in [1.165, 1.54) is 0 Å². The molecule has 0 aliphatic carbocycles. The molecule has 6 heteroatoms. The number of aromatic nitrogens is 1. The number of likely N-dealkylation sites (N-methyl/N-ethyl adjacent to an activating group) is 1. The van der Waals surface area contributed by atoms with E-state index in [-0.39, 0.29) is 11.9 Å². The maximum absolute atomic E-state index is 12.8. The Morgan fingerprint density at radius 1 is 1.20 bits per heavy atom. The molecule has 0 spiro atoms. The number of carbonyl (C=O) groups is 1. The highest BCUT2D eigenvalue weighted by molar-refractivity contribution is 5.99. The molecule has 0 bridgehead atoms. The minimum atomic E-state index is -0.169. The molecule has 0 unspecified atom stereocenters. The number of anilines is 1. The van der Waals surface area contributed by atoms with Crippen molar-refractivity contribution in [3.05, 3.63) is 48.3 Å². The summed E-state index contributed by atoms with van der Waals surface area (Å²) in [5.74, 6) is 1.38. The van der Waals surface area contributed by atoms with Crippen molar-refractivity contribution in [1.82, 2.24) is 9.88 Å². The first-order valence-electron chi connectivity index (χ1n) is 8.28. The fourth-order valence-corrected chi connectivity index (χ4v) is 3.25. The van der Waals surface area contributed by atoms with Gasteiger partial charge in [-0.2, -0.15) is 0 Å². The molecule has 0 N–H and O–H groups in total. The van der Waals surface area contributed by atoms with E-state index in [0.29, 0.717) is 18.0 Å². The van der Waals surface area contributed by atoms with Crippen LogP contribution in [0.1, 0.15) is 12.1 Å². The largest absolute Gasteiger partial charge is 0.493 e. The number of para-hydroxylation sites is 1. The van der Waals surface area contributed by atoms with Crippen LogP contribution in [0.2, 0.25) is 0 Å². The fourth-order valence-electron chi connectivity index (χ4n) is 3.25. The first-order chi connectivity index (χ1) is 12.2. The lowest BCUT2D eigenvalue weighted by atomic mass is 10.2. The SMILES string of the molecule is COc1ccnc(CN(C)[C@H]2CCN(c3ccccc3)C2=O)c1OC. The number of benzene rings is 1. The molecular formula is C19H23N3O3. The molecule has 1 aromatic heterocycles. The third kappa shape index (κ3) is 3.44. The van der Waals surface area contributed by atoms with Gasteiger partial charge in [-0.1, -0.05) is 18.2 Å². The van der Waals surface area contributed by atoms with E-state index in [4.69, 9.17) is 9.47 Å². The summed E-state index contributed by atoms with van der Waals surface area (Å²) >= 11 is 0. The smallest absolute Gasteiger partial charge is 0.244 e. The molecule has 0 radical (unpaired) electrons. The van der Waals surface area contributed by atoms with Gasteiger partial charge in [-0.05, 0) is 25.6 Å². The molecule has 1 fully saturated rings. The number of amides is 1. The third-order valence-corrected chi connectivity index (χ3v) is 4.54. The summed E-state index contributed by atoms with van der Waals surface area (Å²) in [6.45, 7) is 1.24. The second-order valence-corrected chi connectivity index (χ2v) is 6.04. The van der Waals surface area contributed by atoms with Gasteiger partial charge < -0.3 is 14.4 Å². The molecule has 1 amide bonds. The van der Waals surface area contributed by atoms with Crippen molar-refractivity contribution in [1.29, 1.82) is 0 Å². The van der Waals surface area contributed by atoms with Gasteiger partial charge in [0.15, 0.2) is 11.5 Å². The average molecular weight is 341 g/mol. The van der Waals surface area contributed by atoms with E-state index in [1.807, 2.05) is 47.2 Å². The Kier molecular flexibility index (Phi) is 5.19. The van der Waals surface area contributed by atoms with E-state index >= 15 is 0 Å². The zero-order chi connectivity index (χ0) is 17.8. The molecule has 1 aromatic carbocycles.